The van der Waals surface area contributed by atoms with E-state index in [2.05, 4.69) is 21.2 Å². The van der Waals surface area contributed by atoms with Crippen LogP contribution in [0.2, 0.25) is 0 Å². The number of hydrogen-bond acceptors (Lipinski definition) is 3. The van der Waals surface area contributed by atoms with Crippen LogP contribution in [0.1, 0.15) is 45.7 Å². The molecule has 0 radical (unpaired) electrons. The second-order valence-corrected chi connectivity index (χ2v) is 7.51. The molecule has 130 valence electrons. The third-order valence-electron chi connectivity index (χ3n) is 4.93. The van der Waals surface area contributed by atoms with Gasteiger partial charge in [0.25, 0.3) is 0 Å². The summed E-state index contributed by atoms with van der Waals surface area (Å²) >= 11 is 3.45. The summed E-state index contributed by atoms with van der Waals surface area (Å²) in [6.45, 7) is 8.57. The molecular formula is C17H26BrClN2O2. The van der Waals surface area contributed by atoms with Gasteiger partial charge in [-0.25, -0.2) is 0 Å². The SMILES string of the molecule is CCOC1CC(N)(C(=O)NC(C)c2cccc(Br)c2)C1(C)C.Cl. The lowest BCUT2D eigenvalue weighted by atomic mass is 9.54. The fourth-order valence-corrected chi connectivity index (χ4v) is 3.42. The van der Waals surface area contributed by atoms with E-state index in [0.717, 1.165) is 10.0 Å². The van der Waals surface area contributed by atoms with E-state index in [1.807, 2.05) is 52.0 Å². The predicted octanol–water partition coefficient (Wildman–Crippen LogP) is 3.58. The first-order valence-corrected chi connectivity index (χ1v) is 8.48. The highest BCUT2D eigenvalue weighted by Crippen LogP contribution is 2.50. The molecule has 1 amide bonds. The zero-order chi connectivity index (χ0) is 16.5. The first-order chi connectivity index (χ1) is 10.2. The number of amides is 1. The van der Waals surface area contributed by atoms with Gasteiger partial charge in [-0.05, 0) is 31.5 Å². The maximum absolute atomic E-state index is 12.7. The lowest BCUT2D eigenvalue weighted by molar-refractivity contribution is -0.171. The van der Waals surface area contributed by atoms with Crippen molar-refractivity contribution < 1.29 is 9.53 Å². The molecule has 2 rings (SSSR count). The number of carbonyl (C=O) groups is 1. The van der Waals surface area contributed by atoms with Crippen molar-refractivity contribution in [2.45, 2.75) is 51.8 Å². The highest BCUT2D eigenvalue weighted by atomic mass is 79.9. The van der Waals surface area contributed by atoms with Crippen LogP contribution < -0.4 is 11.1 Å². The lowest BCUT2D eigenvalue weighted by Gasteiger charge is -2.57. The maximum atomic E-state index is 12.7. The number of benzene rings is 1. The van der Waals surface area contributed by atoms with E-state index < -0.39 is 5.54 Å². The molecule has 1 aliphatic rings. The summed E-state index contributed by atoms with van der Waals surface area (Å²) in [6.07, 6.45) is 0.597. The summed E-state index contributed by atoms with van der Waals surface area (Å²) in [5.41, 5.74) is 6.19. The van der Waals surface area contributed by atoms with Crippen molar-refractivity contribution in [2.24, 2.45) is 11.1 Å². The van der Waals surface area contributed by atoms with E-state index in [1.54, 1.807) is 0 Å². The molecule has 6 heteroatoms. The first-order valence-electron chi connectivity index (χ1n) is 7.69. The molecule has 3 atom stereocenters. The van der Waals surface area contributed by atoms with Crippen LogP contribution in [-0.4, -0.2) is 24.2 Å². The Morgan fingerprint density at radius 2 is 2.17 bits per heavy atom. The number of ether oxygens (including phenoxy) is 1. The van der Waals surface area contributed by atoms with Crippen molar-refractivity contribution in [1.29, 1.82) is 0 Å². The third-order valence-corrected chi connectivity index (χ3v) is 5.42. The smallest absolute Gasteiger partial charge is 0.241 e. The van der Waals surface area contributed by atoms with Gasteiger partial charge in [-0.3, -0.25) is 4.79 Å². The summed E-state index contributed by atoms with van der Waals surface area (Å²) in [5, 5.41) is 3.04. The Hall–Kier alpha value is -0.620. The van der Waals surface area contributed by atoms with E-state index >= 15 is 0 Å². The van der Waals surface area contributed by atoms with Crippen LogP contribution in [0.4, 0.5) is 0 Å². The molecule has 0 saturated heterocycles. The van der Waals surface area contributed by atoms with Crippen molar-refractivity contribution >= 4 is 34.2 Å². The average Bonchev–Trinajstić information content (AvgIpc) is 2.46. The Morgan fingerprint density at radius 1 is 1.52 bits per heavy atom. The van der Waals surface area contributed by atoms with Crippen LogP contribution in [0.3, 0.4) is 0 Å². The minimum atomic E-state index is -0.882. The number of halogens is 2. The van der Waals surface area contributed by atoms with Gasteiger partial charge in [0.1, 0.15) is 5.54 Å². The summed E-state index contributed by atoms with van der Waals surface area (Å²) in [4.78, 5) is 12.7. The first kappa shape index (κ1) is 20.4. The fourth-order valence-electron chi connectivity index (χ4n) is 3.01. The summed E-state index contributed by atoms with van der Waals surface area (Å²) < 4.78 is 6.67. The van der Waals surface area contributed by atoms with Crippen molar-refractivity contribution in [3.8, 4) is 0 Å². The Kier molecular flexibility index (Phi) is 6.67. The largest absolute Gasteiger partial charge is 0.378 e. The molecule has 1 fully saturated rings. The number of carbonyl (C=O) groups excluding carboxylic acids is 1. The zero-order valence-electron chi connectivity index (χ0n) is 14.1. The maximum Gasteiger partial charge on any atom is 0.241 e. The van der Waals surface area contributed by atoms with Crippen molar-refractivity contribution in [2.75, 3.05) is 6.61 Å². The predicted molar refractivity (Wildman–Crippen MR) is 98.7 cm³/mol. The molecular weight excluding hydrogens is 380 g/mol. The highest BCUT2D eigenvalue weighted by molar-refractivity contribution is 9.10. The standard InChI is InChI=1S/C17H25BrN2O2.ClH/c1-5-22-14-10-17(19,16(14,3)4)15(21)20-11(2)12-7-6-8-13(18)9-12;/h6-9,11,14H,5,10,19H2,1-4H3,(H,20,21);1H. The normalized spacial score (nSPS) is 26.6. The molecule has 1 saturated carbocycles. The minimum absolute atomic E-state index is 0. The molecule has 0 bridgehead atoms. The lowest BCUT2D eigenvalue weighted by Crippen LogP contribution is -2.75. The molecule has 0 heterocycles. The molecule has 1 aliphatic carbocycles. The van der Waals surface area contributed by atoms with Crippen LogP contribution in [0, 0.1) is 5.41 Å². The monoisotopic (exact) mass is 404 g/mol. The zero-order valence-corrected chi connectivity index (χ0v) is 16.5. The van der Waals surface area contributed by atoms with Crippen molar-refractivity contribution in [3.63, 3.8) is 0 Å². The van der Waals surface area contributed by atoms with Gasteiger partial charge in [0, 0.05) is 22.9 Å². The Balaban J connectivity index is 0.00000264. The Labute approximate surface area is 153 Å². The van der Waals surface area contributed by atoms with Crippen LogP contribution >= 0.6 is 28.3 Å². The van der Waals surface area contributed by atoms with Crippen LogP contribution in [0.25, 0.3) is 0 Å². The molecule has 0 spiro atoms. The van der Waals surface area contributed by atoms with Gasteiger partial charge < -0.3 is 15.8 Å². The molecule has 3 N–H and O–H groups in total. The van der Waals surface area contributed by atoms with E-state index in [9.17, 15) is 4.79 Å². The van der Waals surface area contributed by atoms with Crippen LogP contribution in [0.5, 0.6) is 0 Å². The van der Waals surface area contributed by atoms with Gasteiger partial charge in [0.15, 0.2) is 0 Å². The van der Waals surface area contributed by atoms with Crippen LogP contribution in [0.15, 0.2) is 28.7 Å². The van der Waals surface area contributed by atoms with E-state index in [-0.39, 0.29) is 35.9 Å². The molecule has 0 aromatic heterocycles. The average molecular weight is 406 g/mol. The van der Waals surface area contributed by atoms with E-state index in [1.165, 1.54) is 0 Å². The number of nitrogens with one attached hydrogen (secondary N) is 1. The second-order valence-electron chi connectivity index (χ2n) is 6.59. The molecule has 4 nitrogen and oxygen atoms in total. The van der Waals surface area contributed by atoms with Gasteiger partial charge in [0.2, 0.25) is 5.91 Å². The quantitative estimate of drug-likeness (QED) is 0.787. The fraction of sp³-hybridized carbons (Fsp3) is 0.588. The van der Waals surface area contributed by atoms with Crippen molar-refractivity contribution in [1.82, 2.24) is 5.32 Å². The van der Waals surface area contributed by atoms with Gasteiger partial charge >= 0.3 is 0 Å². The highest BCUT2D eigenvalue weighted by Gasteiger charge is 2.62. The second kappa shape index (κ2) is 7.51. The topological polar surface area (TPSA) is 64.3 Å². The number of nitrogens with two attached hydrogens (primary N) is 1. The Bertz CT molecular complexity index is 567. The molecule has 3 unspecified atom stereocenters. The van der Waals surface area contributed by atoms with E-state index in [4.69, 9.17) is 10.5 Å². The molecule has 0 aliphatic heterocycles. The van der Waals surface area contributed by atoms with Crippen molar-refractivity contribution in [3.05, 3.63) is 34.3 Å². The summed E-state index contributed by atoms with van der Waals surface area (Å²) in [7, 11) is 0. The van der Waals surface area contributed by atoms with Gasteiger partial charge in [-0.2, -0.15) is 0 Å². The van der Waals surface area contributed by atoms with Crippen LogP contribution in [-0.2, 0) is 9.53 Å². The third kappa shape index (κ3) is 3.73. The summed E-state index contributed by atoms with van der Waals surface area (Å²) in [5.74, 6) is -0.110. The number of rotatable bonds is 5. The molecule has 23 heavy (non-hydrogen) atoms. The van der Waals surface area contributed by atoms with Gasteiger partial charge in [-0.1, -0.05) is 41.9 Å². The molecule has 1 aromatic rings. The Morgan fingerprint density at radius 3 is 2.70 bits per heavy atom. The van der Waals surface area contributed by atoms with Gasteiger partial charge in [-0.15, -0.1) is 12.4 Å². The number of hydrogen-bond donors (Lipinski definition) is 2. The molecule has 1 aromatic carbocycles. The van der Waals surface area contributed by atoms with Gasteiger partial charge in [0.05, 0.1) is 12.1 Å². The summed E-state index contributed by atoms with van der Waals surface area (Å²) in [6, 6.07) is 7.83. The minimum Gasteiger partial charge on any atom is -0.378 e. The van der Waals surface area contributed by atoms with E-state index in [0.29, 0.717) is 13.0 Å².